The third kappa shape index (κ3) is 4.67. The second kappa shape index (κ2) is 10.5. The first-order valence-electron chi connectivity index (χ1n) is 12.3. The van der Waals surface area contributed by atoms with Crippen molar-refractivity contribution in [2.75, 3.05) is 27.4 Å². The zero-order valence-electron chi connectivity index (χ0n) is 20.8. The van der Waals surface area contributed by atoms with Crippen LogP contribution in [0.5, 0.6) is 11.5 Å². The van der Waals surface area contributed by atoms with Crippen molar-refractivity contribution in [1.82, 2.24) is 5.32 Å². The molecule has 1 fully saturated rings. The lowest BCUT2D eigenvalue weighted by Crippen LogP contribution is -2.36. The lowest BCUT2D eigenvalue weighted by atomic mass is 9.72. The standard InChI is InChI=1S/C28H31NO6S/c1-16-25(28(31)35-15-19-6-4-10-34-19)26(17-8-9-22(32-2)23(14-17)33-3)27-20(29-16)12-18(13-21(27)30)24-7-5-11-36-24/h5,7-9,11,14,18-19,26,29H,4,6,10,12-13,15H2,1-3H3/t18-,19-,26+/m0/s1. The smallest absolute Gasteiger partial charge is 0.336 e. The number of dihydropyridines is 1. The molecule has 0 bridgehead atoms. The normalized spacial score (nSPS) is 23.9. The Hall–Kier alpha value is -3.10. The number of Topliss-reactive ketones (excluding diaryl/α,β-unsaturated/α-hetero) is 1. The molecule has 1 aromatic carbocycles. The predicted molar refractivity (Wildman–Crippen MR) is 136 cm³/mol. The van der Waals surface area contributed by atoms with E-state index in [1.807, 2.05) is 36.6 Å². The van der Waals surface area contributed by atoms with Gasteiger partial charge in [-0.1, -0.05) is 12.1 Å². The molecule has 0 spiro atoms. The molecule has 3 aliphatic rings. The number of allylic oxidation sites excluding steroid dienone is 3. The third-order valence-corrected chi connectivity index (χ3v) is 8.19. The van der Waals surface area contributed by atoms with Gasteiger partial charge < -0.3 is 24.3 Å². The number of benzene rings is 1. The minimum Gasteiger partial charge on any atom is -0.493 e. The third-order valence-electron chi connectivity index (χ3n) is 7.16. The monoisotopic (exact) mass is 509 g/mol. The first kappa shape index (κ1) is 24.6. The van der Waals surface area contributed by atoms with Gasteiger partial charge in [-0.2, -0.15) is 0 Å². The lowest BCUT2D eigenvalue weighted by molar-refractivity contribution is -0.142. The van der Waals surface area contributed by atoms with Gasteiger partial charge in [-0.3, -0.25) is 4.79 Å². The van der Waals surface area contributed by atoms with E-state index in [-0.39, 0.29) is 24.4 Å². The Morgan fingerprint density at radius 3 is 2.69 bits per heavy atom. The first-order valence-corrected chi connectivity index (χ1v) is 13.2. The van der Waals surface area contributed by atoms with Gasteiger partial charge in [0, 0.05) is 46.7 Å². The Balaban J connectivity index is 1.54. The average molecular weight is 510 g/mol. The number of carbonyl (C=O) groups is 2. The highest BCUT2D eigenvalue weighted by molar-refractivity contribution is 7.10. The molecule has 3 heterocycles. The van der Waals surface area contributed by atoms with Crippen molar-refractivity contribution < 1.29 is 28.5 Å². The molecule has 190 valence electrons. The summed E-state index contributed by atoms with van der Waals surface area (Å²) in [4.78, 5) is 28.4. The van der Waals surface area contributed by atoms with Gasteiger partial charge in [0.1, 0.15) is 6.61 Å². The highest BCUT2D eigenvalue weighted by Crippen LogP contribution is 2.47. The van der Waals surface area contributed by atoms with Crippen LogP contribution in [0.15, 0.2) is 58.3 Å². The van der Waals surface area contributed by atoms with Crippen molar-refractivity contribution >= 4 is 23.1 Å². The second-order valence-corrected chi connectivity index (χ2v) is 10.4. The SMILES string of the molecule is COc1ccc([C@@H]2C(C(=O)OC[C@@H]3CCCO3)=C(C)NC3=C2C(=O)C[C@@H](c2cccs2)C3)cc1OC. The van der Waals surface area contributed by atoms with E-state index in [9.17, 15) is 9.59 Å². The molecule has 3 atom stereocenters. The summed E-state index contributed by atoms with van der Waals surface area (Å²) in [7, 11) is 3.15. The van der Waals surface area contributed by atoms with E-state index in [0.717, 1.165) is 24.1 Å². The van der Waals surface area contributed by atoms with Crippen LogP contribution in [-0.2, 0) is 19.1 Å². The summed E-state index contributed by atoms with van der Waals surface area (Å²) < 4.78 is 22.3. The van der Waals surface area contributed by atoms with Gasteiger partial charge in [0.05, 0.1) is 25.9 Å². The van der Waals surface area contributed by atoms with Crippen LogP contribution in [0.2, 0.25) is 0 Å². The molecule has 2 aromatic rings. The predicted octanol–water partition coefficient (Wildman–Crippen LogP) is 4.85. The van der Waals surface area contributed by atoms with E-state index < -0.39 is 11.9 Å². The van der Waals surface area contributed by atoms with Crippen molar-refractivity contribution in [3.8, 4) is 11.5 Å². The number of ketones is 1. The fourth-order valence-electron chi connectivity index (χ4n) is 5.42. The quantitative estimate of drug-likeness (QED) is 0.534. The van der Waals surface area contributed by atoms with E-state index in [4.69, 9.17) is 18.9 Å². The van der Waals surface area contributed by atoms with Gasteiger partial charge in [-0.15, -0.1) is 11.3 Å². The fourth-order valence-corrected chi connectivity index (χ4v) is 6.25. The van der Waals surface area contributed by atoms with E-state index in [2.05, 4.69) is 11.4 Å². The average Bonchev–Trinajstić information content (AvgIpc) is 3.60. The number of rotatable bonds is 7. The summed E-state index contributed by atoms with van der Waals surface area (Å²) in [5.41, 5.74) is 3.43. The zero-order chi connectivity index (χ0) is 25.2. The van der Waals surface area contributed by atoms with Crippen molar-refractivity contribution in [2.45, 2.75) is 50.5 Å². The highest BCUT2D eigenvalue weighted by atomic mass is 32.1. The number of carbonyl (C=O) groups excluding carboxylic acids is 2. The number of hydrogen-bond donors (Lipinski definition) is 1. The molecular weight excluding hydrogens is 478 g/mol. The summed E-state index contributed by atoms with van der Waals surface area (Å²) in [5.74, 6) is 0.291. The molecule has 0 unspecified atom stereocenters. The van der Waals surface area contributed by atoms with Crippen molar-refractivity contribution in [2.24, 2.45) is 0 Å². The number of nitrogens with one attached hydrogen (secondary N) is 1. The van der Waals surface area contributed by atoms with Crippen LogP contribution < -0.4 is 14.8 Å². The molecule has 5 rings (SSSR count). The Bertz CT molecular complexity index is 1210. The van der Waals surface area contributed by atoms with Crippen molar-refractivity contribution in [3.05, 3.63) is 68.7 Å². The van der Waals surface area contributed by atoms with Crippen LogP contribution in [0.1, 0.15) is 54.9 Å². The van der Waals surface area contributed by atoms with Gasteiger partial charge in [0.15, 0.2) is 17.3 Å². The molecule has 36 heavy (non-hydrogen) atoms. The number of methoxy groups -OCH3 is 2. The summed E-state index contributed by atoms with van der Waals surface area (Å²) in [5, 5.41) is 5.44. The first-order chi connectivity index (χ1) is 17.5. The molecule has 1 aromatic heterocycles. The number of hydrogen-bond acceptors (Lipinski definition) is 8. The molecule has 7 nitrogen and oxygen atoms in total. The van der Waals surface area contributed by atoms with Crippen LogP contribution in [0.3, 0.4) is 0 Å². The van der Waals surface area contributed by atoms with Crippen molar-refractivity contribution in [3.63, 3.8) is 0 Å². The van der Waals surface area contributed by atoms with E-state index >= 15 is 0 Å². The van der Waals surface area contributed by atoms with Gasteiger partial charge in [0.2, 0.25) is 0 Å². The summed E-state index contributed by atoms with van der Waals surface area (Å²) in [6.45, 7) is 2.77. The zero-order valence-corrected chi connectivity index (χ0v) is 21.6. The number of ether oxygens (including phenoxy) is 4. The molecule has 1 aliphatic carbocycles. The second-order valence-electron chi connectivity index (χ2n) is 9.38. The van der Waals surface area contributed by atoms with Crippen LogP contribution >= 0.6 is 11.3 Å². The highest BCUT2D eigenvalue weighted by Gasteiger charge is 2.42. The van der Waals surface area contributed by atoms with E-state index in [1.165, 1.54) is 4.88 Å². The van der Waals surface area contributed by atoms with Crippen molar-refractivity contribution in [1.29, 1.82) is 0 Å². The molecule has 1 N–H and O–H groups in total. The maximum atomic E-state index is 13.7. The number of thiophene rings is 1. The molecule has 1 saturated heterocycles. The fraction of sp³-hybridized carbons (Fsp3) is 0.429. The molecule has 0 saturated carbocycles. The van der Waals surface area contributed by atoms with Crippen LogP contribution in [0, 0.1) is 0 Å². The van der Waals surface area contributed by atoms with Crippen LogP contribution in [0.4, 0.5) is 0 Å². The van der Waals surface area contributed by atoms with Crippen LogP contribution in [0.25, 0.3) is 0 Å². The van der Waals surface area contributed by atoms with Gasteiger partial charge in [-0.25, -0.2) is 4.79 Å². The Kier molecular flexibility index (Phi) is 7.16. The van der Waals surface area contributed by atoms with Gasteiger partial charge >= 0.3 is 5.97 Å². The number of esters is 1. The summed E-state index contributed by atoms with van der Waals surface area (Å²) in [6.07, 6.45) is 2.88. The Morgan fingerprint density at radius 1 is 1.17 bits per heavy atom. The maximum Gasteiger partial charge on any atom is 0.336 e. The molecular formula is C28H31NO6S. The van der Waals surface area contributed by atoms with E-state index in [1.54, 1.807) is 25.6 Å². The molecule has 8 heteroatoms. The lowest BCUT2D eigenvalue weighted by Gasteiger charge is -2.36. The molecule has 0 radical (unpaired) electrons. The Morgan fingerprint density at radius 2 is 2.00 bits per heavy atom. The molecule has 0 amide bonds. The summed E-state index contributed by atoms with van der Waals surface area (Å²) >= 11 is 1.67. The molecule has 2 aliphatic heterocycles. The van der Waals surface area contributed by atoms with Gasteiger partial charge in [-0.05, 0) is 55.3 Å². The van der Waals surface area contributed by atoms with E-state index in [0.29, 0.717) is 47.8 Å². The summed E-state index contributed by atoms with van der Waals surface area (Å²) in [6, 6.07) is 9.64. The Labute approximate surface area is 215 Å². The largest absolute Gasteiger partial charge is 0.493 e. The topological polar surface area (TPSA) is 83.1 Å². The van der Waals surface area contributed by atoms with Gasteiger partial charge in [0.25, 0.3) is 0 Å². The minimum atomic E-state index is -0.560. The maximum absolute atomic E-state index is 13.7. The van der Waals surface area contributed by atoms with Crippen LogP contribution in [-0.4, -0.2) is 45.3 Å². The minimum absolute atomic E-state index is 0.0406.